The number of aromatic nitrogens is 1. The summed E-state index contributed by atoms with van der Waals surface area (Å²) in [5.74, 6) is 6.27. The van der Waals surface area contributed by atoms with Gasteiger partial charge in [-0.05, 0) is 57.1 Å². The monoisotopic (exact) mass is 275 g/mol. The first-order chi connectivity index (χ1) is 9.74. The highest BCUT2D eigenvalue weighted by Gasteiger charge is 2.43. The fourth-order valence-corrected chi connectivity index (χ4v) is 3.89. The van der Waals surface area contributed by atoms with Crippen LogP contribution in [0.1, 0.15) is 56.2 Å². The molecule has 2 aliphatic rings. The van der Waals surface area contributed by atoms with Crippen molar-refractivity contribution in [1.82, 2.24) is 10.4 Å². The van der Waals surface area contributed by atoms with Crippen LogP contribution >= 0.6 is 0 Å². The van der Waals surface area contributed by atoms with Crippen molar-refractivity contribution in [3.63, 3.8) is 0 Å². The predicted molar refractivity (Wildman–Crippen MR) is 79.2 cm³/mol. The number of hydrogen-bond acceptors (Lipinski definition) is 4. The van der Waals surface area contributed by atoms with E-state index in [0.717, 1.165) is 32.3 Å². The topological polar surface area (TPSA) is 60.2 Å². The van der Waals surface area contributed by atoms with Gasteiger partial charge in [0.2, 0.25) is 0 Å². The number of pyridine rings is 1. The second-order valence-corrected chi connectivity index (χ2v) is 6.31. The van der Waals surface area contributed by atoms with Crippen molar-refractivity contribution in [1.29, 1.82) is 0 Å². The van der Waals surface area contributed by atoms with Gasteiger partial charge in [0.05, 0.1) is 11.6 Å². The molecule has 1 saturated heterocycles. The molecule has 0 bridgehead atoms. The Labute approximate surface area is 121 Å². The fourth-order valence-electron chi connectivity index (χ4n) is 3.89. The first-order valence-corrected chi connectivity index (χ1v) is 7.78. The van der Waals surface area contributed by atoms with E-state index in [1.807, 2.05) is 12.3 Å². The van der Waals surface area contributed by atoms with E-state index in [1.54, 1.807) is 0 Å². The summed E-state index contributed by atoms with van der Waals surface area (Å²) in [4.78, 5) is 4.64. The third-order valence-corrected chi connectivity index (χ3v) is 4.98. The van der Waals surface area contributed by atoms with Crippen LogP contribution in [0.3, 0.4) is 0 Å². The first-order valence-electron chi connectivity index (χ1n) is 7.78. The normalized spacial score (nSPS) is 31.6. The molecule has 3 rings (SSSR count). The molecule has 3 N–H and O–H groups in total. The quantitative estimate of drug-likeness (QED) is 0.656. The summed E-state index contributed by atoms with van der Waals surface area (Å²) in [6.45, 7) is 3.05. The molecular formula is C16H25N3O. The van der Waals surface area contributed by atoms with Crippen molar-refractivity contribution in [2.45, 2.75) is 63.0 Å². The maximum Gasteiger partial charge on any atom is 0.0826 e. The van der Waals surface area contributed by atoms with Crippen LogP contribution < -0.4 is 11.3 Å². The zero-order valence-electron chi connectivity index (χ0n) is 12.3. The molecule has 1 aliphatic carbocycles. The van der Waals surface area contributed by atoms with E-state index in [1.165, 1.54) is 24.1 Å². The summed E-state index contributed by atoms with van der Waals surface area (Å²) < 4.78 is 6.12. The Hall–Kier alpha value is -0.970. The van der Waals surface area contributed by atoms with Gasteiger partial charge in [-0.15, -0.1) is 0 Å². The van der Waals surface area contributed by atoms with Gasteiger partial charge < -0.3 is 4.74 Å². The molecule has 1 aliphatic heterocycles. The maximum atomic E-state index is 6.12. The minimum Gasteiger partial charge on any atom is -0.374 e. The van der Waals surface area contributed by atoms with Crippen molar-refractivity contribution in [2.75, 3.05) is 6.61 Å². The Morgan fingerprint density at radius 1 is 1.45 bits per heavy atom. The van der Waals surface area contributed by atoms with Crippen molar-refractivity contribution >= 4 is 0 Å². The van der Waals surface area contributed by atoms with Crippen LogP contribution in [-0.4, -0.2) is 23.2 Å². The van der Waals surface area contributed by atoms with Crippen LogP contribution in [-0.2, 0) is 11.2 Å². The van der Waals surface area contributed by atoms with Gasteiger partial charge in [0.1, 0.15) is 0 Å². The first kappa shape index (κ1) is 14.0. The molecule has 20 heavy (non-hydrogen) atoms. The molecule has 110 valence electrons. The van der Waals surface area contributed by atoms with E-state index in [-0.39, 0.29) is 11.6 Å². The number of rotatable bonds is 3. The third-order valence-electron chi connectivity index (χ3n) is 4.98. The Balaban J connectivity index is 1.90. The zero-order valence-corrected chi connectivity index (χ0v) is 12.3. The number of fused-ring (bicyclic) bond motifs is 1. The van der Waals surface area contributed by atoms with Crippen LogP contribution in [0, 0.1) is 0 Å². The molecule has 1 aromatic heterocycles. The molecule has 1 aromatic rings. The third kappa shape index (κ3) is 2.48. The van der Waals surface area contributed by atoms with E-state index in [4.69, 9.17) is 10.6 Å². The summed E-state index contributed by atoms with van der Waals surface area (Å²) in [6, 6.07) is 4.37. The average Bonchev–Trinajstić information content (AvgIpc) is 2.49. The predicted octanol–water partition coefficient (Wildman–Crippen LogP) is 2.29. The summed E-state index contributed by atoms with van der Waals surface area (Å²) in [5.41, 5.74) is 5.48. The van der Waals surface area contributed by atoms with Crippen LogP contribution in [0.25, 0.3) is 0 Å². The van der Waals surface area contributed by atoms with Crippen molar-refractivity contribution < 1.29 is 4.74 Å². The minimum absolute atomic E-state index is 0.136. The largest absolute Gasteiger partial charge is 0.374 e. The Morgan fingerprint density at radius 2 is 2.35 bits per heavy atom. The van der Waals surface area contributed by atoms with Crippen LogP contribution in [0.4, 0.5) is 0 Å². The zero-order chi connectivity index (χ0) is 14.0. The molecule has 3 unspecified atom stereocenters. The van der Waals surface area contributed by atoms with Gasteiger partial charge in [0, 0.05) is 24.4 Å². The lowest BCUT2D eigenvalue weighted by molar-refractivity contribution is -0.0951. The maximum absolute atomic E-state index is 6.12. The lowest BCUT2D eigenvalue weighted by atomic mass is 9.74. The summed E-state index contributed by atoms with van der Waals surface area (Å²) >= 11 is 0. The molecule has 0 amide bonds. The molecule has 4 nitrogen and oxygen atoms in total. The van der Waals surface area contributed by atoms with Crippen LogP contribution in [0.2, 0.25) is 0 Å². The van der Waals surface area contributed by atoms with E-state index < -0.39 is 0 Å². The van der Waals surface area contributed by atoms with Crippen LogP contribution in [0.5, 0.6) is 0 Å². The number of hydrogen-bond donors (Lipinski definition) is 2. The number of nitrogens with zero attached hydrogens (tertiary/aromatic N) is 1. The Morgan fingerprint density at radius 3 is 3.10 bits per heavy atom. The highest BCUT2D eigenvalue weighted by molar-refractivity contribution is 5.28. The van der Waals surface area contributed by atoms with Gasteiger partial charge in [0.25, 0.3) is 0 Å². The standard InChI is InChI=1S/C16H25N3O/c1-16(9-2-3-11-20-16)15(19-17)13-8-4-6-12-7-5-10-18-14(12)13/h5,7,10,13,15,19H,2-4,6,8-9,11,17H2,1H3. The lowest BCUT2D eigenvalue weighted by Gasteiger charge is -2.44. The average molecular weight is 275 g/mol. The van der Waals surface area contributed by atoms with E-state index in [9.17, 15) is 0 Å². The summed E-state index contributed by atoms with van der Waals surface area (Å²) in [7, 11) is 0. The Kier molecular flexibility index (Phi) is 4.06. The number of nitrogens with two attached hydrogens (primary N) is 1. The second-order valence-electron chi connectivity index (χ2n) is 6.31. The van der Waals surface area contributed by atoms with Gasteiger partial charge >= 0.3 is 0 Å². The molecule has 0 aromatic carbocycles. The van der Waals surface area contributed by atoms with E-state index >= 15 is 0 Å². The SMILES string of the molecule is CC1(C(NN)C2CCCc3cccnc32)CCCCO1. The molecule has 0 spiro atoms. The Bertz CT molecular complexity index is 457. The second kappa shape index (κ2) is 5.80. The smallest absolute Gasteiger partial charge is 0.0826 e. The molecule has 4 heteroatoms. The molecule has 3 atom stereocenters. The van der Waals surface area contributed by atoms with Crippen LogP contribution in [0.15, 0.2) is 18.3 Å². The van der Waals surface area contributed by atoms with Gasteiger partial charge in [-0.3, -0.25) is 16.3 Å². The number of ether oxygens (including phenoxy) is 1. The van der Waals surface area contributed by atoms with Gasteiger partial charge in [-0.25, -0.2) is 0 Å². The van der Waals surface area contributed by atoms with Crippen molar-refractivity contribution in [3.8, 4) is 0 Å². The minimum atomic E-state index is -0.177. The molecule has 0 saturated carbocycles. The van der Waals surface area contributed by atoms with Crippen molar-refractivity contribution in [3.05, 3.63) is 29.6 Å². The fraction of sp³-hybridized carbons (Fsp3) is 0.688. The highest BCUT2D eigenvalue weighted by Crippen LogP contribution is 2.40. The number of aryl methyl sites for hydroxylation is 1. The summed E-state index contributed by atoms with van der Waals surface area (Å²) in [6.07, 6.45) is 8.82. The lowest BCUT2D eigenvalue weighted by Crippen LogP contribution is -2.57. The van der Waals surface area contributed by atoms with Gasteiger partial charge in [0.15, 0.2) is 0 Å². The highest BCUT2D eigenvalue weighted by atomic mass is 16.5. The number of hydrazine groups is 1. The van der Waals surface area contributed by atoms with E-state index in [0.29, 0.717) is 5.92 Å². The molecule has 2 heterocycles. The van der Waals surface area contributed by atoms with Crippen molar-refractivity contribution in [2.24, 2.45) is 5.84 Å². The van der Waals surface area contributed by atoms with Gasteiger partial charge in [-0.2, -0.15) is 0 Å². The number of nitrogens with one attached hydrogen (secondary N) is 1. The molecule has 0 radical (unpaired) electrons. The van der Waals surface area contributed by atoms with E-state index in [2.05, 4.69) is 23.4 Å². The molecular weight excluding hydrogens is 250 g/mol. The van der Waals surface area contributed by atoms with Gasteiger partial charge in [-0.1, -0.05) is 6.07 Å². The summed E-state index contributed by atoms with van der Waals surface area (Å²) in [5, 5.41) is 0. The molecule has 1 fully saturated rings.